The second kappa shape index (κ2) is 3.77. The Labute approximate surface area is 100 Å². The van der Waals surface area contributed by atoms with Crippen molar-refractivity contribution in [2.24, 2.45) is 0 Å². The van der Waals surface area contributed by atoms with Crippen LogP contribution in [0, 0.1) is 0 Å². The summed E-state index contributed by atoms with van der Waals surface area (Å²) in [6.45, 7) is 0.897. The van der Waals surface area contributed by atoms with Crippen molar-refractivity contribution in [3.05, 3.63) is 34.3 Å². The van der Waals surface area contributed by atoms with Crippen molar-refractivity contribution in [2.45, 2.75) is 31.7 Å². The quantitative estimate of drug-likeness (QED) is 0.677. The molecule has 1 amide bonds. The van der Waals surface area contributed by atoms with Crippen LogP contribution in [-0.2, 0) is 11.2 Å². The summed E-state index contributed by atoms with van der Waals surface area (Å²) in [4.78, 5) is 14.0. The van der Waals surface area contributed by atoms with Gasteiger partial charge in [0, 0.05) is 18.0 Å². The van der Waals surface area contributed by atoms with E-state index in [9.17, 15) is 4.79 Å². The number of carbonyl (C=O) groups is 1. The maximum Gasteiger partial charge on any atom is 0.223 e. The normalized spacial score (nSPS) is 23.9. The maximum atomic E-state index is 12.0. The molecule has 2 aliphatic heterocycles. The fourth-order valence-corrected chi connectivity index (χ4v) is 3.24. The Morgan fingerprint density at radius 3 is 3.06 bits per heavy atom. The summed E-state index contributed by atoms with van der Waals surface area (Å²) in [5.74, 6) is 0.287. The van der Waals surface area contributed by atoms with Crippen LogP contribution in [0.25, 0.3) is 0 Å². The van der Waals surface area contributed by atoms with Crippen LogP contribution >= 0.6 is 11.6 Å². The third-order valence-electron chi connectivity index (χ3n) is 3.66. The average molecular weight is 236 g/mol. The van der Waals surface area contributed by atoms with E-state index in [-0.39, 0.29) is 11.9 Å². The number of nitrogens with zero attached hydrogens (tertiary/aromatic N) is 1. The first-order chi connectivity index (χ1) is 7.77. The van der Waals surface area contributed by atoms with Gasteiger partial charge in [-0.1, -0.05) is 23.7 Å². The summed E-state index contributed by atoms with van der Waals surface area (Å²) < 4.78 is 0. The summed E-state index contributed by atoms with van der Waals surface area (Å²) in [5, 5.41) is 0.823. The van der Waals surface area contributed by atoms with Crippen LogP contribution in [-0.4, -0.2) is 17.4 Å². The average Bonchev–Trinajstić information content (AvgIpc) is 2.70. The van der Waals surface area contributed by atoms with Crippen LogP contribution < -0.4 is 0 Å². The molecule has 0 aliphatic carbocycles. The third kappa shape index (κ3) is 1.44. The largest absolute Gasteiger partial charge is 0.336 e. The first kappa shape index (κ1) is 10.2. The van der Waals surface area contributed by atoms with Gasteiger partial charge in [0.15, 0.2) is 0 Å². The Morgan fingerprint density at radius 1 is 1.31 bits per heavy atom. The molecule has 16 heavy (non-hydrogen) atoms. The van der Waals surface area contributed by atoms with Gasteiger partial charge in [-0.25, -0.2) is 0 Å². The lowest BCUT2D eigenvalue weighted by molar-refractivity contribution is -0.131. The Hall–Kier alpha value is -1.02. The van der Waals surface area contributed by atoms with Gasteiger partial charge in [0.1, 0.15) is 0 Å². The molecule has 2 heterocycles. The van der Waals surface area contributed by atoms with Crippen molar-refractivity contribution >= 4 is 17.5 Å². The first-order valence-corrected chi connectivity index (χ1v) is 6.22. The van der Waals surface area contributed by atoms with Crippen molar-refractivity contribution < 1.29 is 4.79 Å². The molecule has 3 heteroatoms. The van der Waals surface area contributed by atoms with E-state index in [0.29, 0.717) is 6.42 Å². The van der Waals surface area contributed by atoms with Crippen LogP contribution in [0.2, 0.25) is 5.02 Å². The fraction of sp³-hybridized carbons (Fsp3) is 0.462. The fourth-order valence-electron chi connectivity index (χ4n) is 2.92. The van der Waals surface area contributed by atoms with Crippen LogP contribution in [0.5, 0.6) is 0 Å². The Balaban J connectivity index is 2.14. The van der Waals surface area contributed by atoms with Gasteiger partial charge >= 0.3 is 0 Å². The van der Waals surface area contributed by atoms with Crippen molar-refractivity contribution in [1.29, 1.82) is 0 Å². The molecule has 1 fully saturated rings. The second-order valence-corrected chi connectivity index (χ2v) is 4.96. The van der Waals surface area contributed by atoms with E-state index in [1.54, 1.807) is 0 Å². The summed E-state index contributed by atoms with van der Waals surface area (Å²) in [6.07, 6.45) is 3.62. The number of halogens is 1. The smallest absolute Gasteiger partial charge is 0.223 e. The van der Waals surface area contributed by atoms with Crippen molar-refractivity contribution in [1.82, 2.24) is 4.90 Å². The SMILES string of the molecule is O=C1CCc2cccc(Cl)c2C2CCCN12. The number of rotatable bonds is 0. The molecule has 3 rings (SSSR count). The first-order valence-electron chi connectivity index (χ1n) is 5.84. The molecule has 0 bridgehead atoms. The molecule has 2 nitrogen and oxygen atoms in total. The number of aryl methyl sites for hydroxylation is 1. The molecule has 0 radical (unpaired) electrons. The molecule has 0 aromatic heterocycles. The summed E-state index contributed by atoms with van der Waals surface area (Å²) in [7, 11) is 0. The lowest BCUT2D eigenvalue weighted by Gasteiger charge is -2.24. The molecule has 1 unspecified atom stereocenters. The van der Waals surface area contributed by atoms with Crippen molar-refractivity contribution in [3.8, 4) is 0 Å². The zero-order chi connectivity index (χ0) is 11.1. The number of benzene rings is 1. The number of carbonyl (C=O) groups excluding carboxylic acids is 1. The highest BCUT2D eigenvalue weighted by Gasteiger charge is 2.34. The monoisotopic (exact) mass is 235 g/mol. The molecular weight excluding hydrogens is 222 g/mol. The molecule has 0 N–H and O–H groups in total. The van der Waals surface area contributed by atoms with E-state index in [1.165, 1.54) is 11.1 Å². The second-order valence-electron chi connectivity index (χ2n) is 4.56. The lowest BCUT2D eigenvalue weighted by atomic mass is 9.97. The predicted octanol–water partition coefficient (Wildman–Crippen LogP) is 2.95. The van der Waals surface area contributed by atoms with Gasteiger partial charge in [0.05, 0.1) is 6.04 Å². The van der Waals surface area contributed by atoms with Crippen LogP contribution in [0.1, 0.15) is 36.4 Å². The van der Waals surface area contributed by atoms with Gasteiger partial charge < -0.3 is 4.90 Å². The molecule has 1 atom stereocenters. The highest BCUT2D eigenvalue weighted by molar-refractivity contribution is 6.31. The third-order valence-corrected chi connectivity index (χ3v) is 3.99. The van der Waals surface area contributed by atoms with E-state index < -0.39 is 0 Å². The molecule has 84 valence electrons. The molecular formula is C13H14ClNO. The molecule has 1 saturated heterocycles. The number of amides is 1. The van der Waals surface area contributed by atoms with Gasteiger partial charge in [-0.2, -0.15) is 0 Å². The zero-order valence-corrected chi connectivity index (χ0v) is 9.83. The minimum Gasteiger partial charge on any atom is -0.336 e. The van der Waals surface area contributed by atoms with E-state index in [1.807, 2.05) is 17.0 Å². The predicted molar refractivity (Wildman–Crippen MR) is 63.5 cm³/mol. The molecule has 0 saturated carbocycles. The lowest BCUT2D eigenvalue weighted by Crippen LogP contribution is -2.28. The van der Waals surface area contributed by atoms with Crippen LogP contribution in [0.4, 0.5) is 0 Å². The topological polar surface area (TPSA) is 20.3 Å². The highest BCUT2D eigenvalue weighted by atomic mass is 35.5. The van der Waals surface area contributed by atoms with Crippen LogP contribution in [0.3, 0.4) is 0 Å². The van der Waals surface area contributed by atoms with Gasteiger partial charge in [-0.3, -0.25) is 4.79 Å². The Morgan fingerprint density at radius 2 is 2.19 bits per heavy atom. The summed E-state index contributed by atoms with van der Waals surface area (Å²) in [5.41, 5.74) is 2.46. The van der Waals surface area contributed by atoms with Gasteiger partial charge in [-0.05, 0) is 36.5 Å². The Bertz CT molecular complexity index is 444. The van der Waals surface area contributed by atoms with Crippen molar-refractivity contribution in [2.75, 3.05) is 6.54 Å². The van der Waals surface area contributed by atoms with Gasteiger partial charge in [-0.15, -0.1) is 0 Å². The van der Waals surface area contributed by atoms with E-state index in [2.05, 4.69) is 6.07 Å². The summed E-state index contributed by atoms with van der Waals surface area (Å²) >= 11 is 6.29. The molecule has 0 spiro atoms. The van der Waals surface area contributed by atoms with E-state index in [4.69, 9.17) is 11.6 Å². The minimum absolute atomic E-state index is 0.235. The summed E-state index contributed by atoms with van der Waals surface area (Å²) in [6, 6.07) is 6.26. The molecule has 1 aromatic rings. The number of fused-ring (bicyclic) bond motifs is 3. The minimum atomic E-state index is 0.235. The van der Waals surface area contributed by atoms with E-state index in [0.717, 1.165) is 30.8 Å². The molecule has 1 aromatic carbocycles. The van der Waals surface area contributed by atoms with Crippen LogP contribution in [0.15, 0.2) is 18.2 Å². The Kier molecular flexibility index (Phi) is 2.40. The zero-order valence-electron chi connectivity index (χ0n) is 9.08. The van der Waals surface area contributed by atoms with Crippen molar-refractivity contribution in [3.63, 3.8) is 0 Å². The molecule has 2 aliphatic rings. The van der Waals surface area contributed by atoms with Gasteiger partial charge in [0.2, 0.25) is 5.91 Å². The highest BCUT2D eigenvalue weighted by Crippen LogP contribution is 2.40. The van der Waals surface area contributed by atoms with Gasteiger partial charge in [0.25, 0.3) is 0 Å². The standard InChI is InChI=1S/C13H14ClNO/c14-10-4-1-3-9-6-7-12(16)15-8-2-5-11(15)13(9)10/h1,3-4,11H,2,5-8H2. The van der Waals surface area contributed by atoms with E-state index >= 15 is 0 Å². The maximum absolute atomic E-state index is 12.0. The number of hydrogen-bond acceptors (Lipinski definition) is 1. The number of hydrogen-bond donors (Lipinski definition) is 0.